The number of thiocarbonyl (C=S) groups is 1. The molecule has 0 radical (unpaired) electrons. The van der Waals surface area contributed by atoms with Crippen LogP contribution in [0.25, 0.3) is 6.08 Å². The highest BCUT2D eigenvalue weighted by Gasteiger charge is 2.32. The number of carbonyl (C=O) groups excluding carboxylic acids is 1. The molecule has 1 saturated heterocycles. The summed E-state index contributed by atoms with van der Waals surface area (Å²) >= 11 is 5.97. The largest absolute Gasteiger partial charge is 0.502 e. The Balaban J connectivity index is 2.55. The molecule has 124 valence electrons. The topological polar surface area (TPSA) is 127 Å². The highest BCUT2D eigenvalue weighted by molar-refractivity contribution is 8.26. The minimum Gasteiger partial charge on any atom is -0.502 e. The van der Waals surface area contributed by atoms with Crippen molar-refractivity contribution in [1.29, 1.82) is 0 Å². The van der Waals surface area contributed by atoms with Crippen LogP contribution < -0.4 is 0 Å². The van der Waals surface area contributed by atoms with E-state index in [1.807, 2.05) is 0 Å². The molecule has 1 aromatic rings. The van der Waals surface area contributed by atoms with E-state index in [1.54, 1.807) is 0 Å². The van der Waals surface area contributed by atoms with E-state index in [9.17, 15) is 30.1 Å². The van der Waals surface area contributed by atoms with E-state index in [1.165, 1.54) is 11.0 Å². The number of nitro groups is 2. The molecule has 0 saturated carbocycles. The van der Waals surface area contributed by atoms with Crippen LogP contribution in [0.15, 0.2) is 29.7 Å². The fourth-order valence-corrected chi connectivity index (χ4v) is 3.17. The highest BCUT2D eigenvalue weighted by atomic mass is 32.2. The van der Waals surface area contributed by atoms with Crippen LogP contribution in [0.3, 0.4) is 0 Å². The number of phenolic OH excluding ortho intramolecular Hbond substituents is 1. The quantitative estimate of drug-likeness (QED) is 0.277. The Labute approximate surface area is 144 Å². The van der Waals surface area contributed by atoms with Crippen LogP contribution in [0.5, 0.6) is 5.75 Å². The lowest BCUT2D eigenvalue weighted by molar-refractivity contribution is -0.394. The van der Waals surface area contributed by atoms with Gasteiger partial charge in [0.2, 0.25) is 5.75 Å². The fraction of sp³-hybridized carbons (Fsp3) is 0.0769. The van der Waals surface area contributed by atoms with Crippen molar-refractivity contribution in [2.75, 3.05) is 6.54 Å². The molecule has 1 N–H and O–H groups in total. The van der Waals surface area contributed by atoms with Crippen LogP contribution in [0, 0.1) is 20.2 Å². The second kappa shape index (κ2) is 6.76. The zero-order chi connectivity index (χ0) is 18.0. The molecule has 0 atom stereocenters. The number of carbonyl (C=O) groups is 1. The molecular weight excluding hydrogens is 358 g/mol. The number of hydrogen-bond acceptors (Lipinski definition) is 8. The lowest BCUT2D eigenvalue weighted by Crippen LogP contribution is -2.27. The fourth-order valence-electron chi connectivity index (χ4n) is 1.91. The van der Waals surface area contributed by atoms with Crippen molar-refractivity contribution in [3.63, 3.8) is 0 Å². The number of nitrogens with zero attached hydrogens (tertiary/aromatic N) is 3. The van der Waals surface area contributed by atoms with Gasteiger partial charge in [-0.2, -0.15) is 0 Å². The first-order chi connectivity index (χ1) is 11.3. The number of benzene rings is 1. The number of hydrogen-bond donors (Lipinski definition) is 1. The SMILES string of the molecule is C=CCN1C(=O)/C(=C/c2cc([N+](=O)[O-])cc([N+](=O)[O-])c2O)SC1=S. The summed E-state index contributed by atoms with van der Waals surface area (Å²) in [5, 5.41) is 31.8. The first-order valence-electron chi connectivity index (χ1n) is 6.28. The number of thioether (sulfide) groups is 1. The van der Waals surface area contributed by atoms with Gasteiger partial charge in [0.15, 0.2) is 0 Å². The molecule has 1 fully saturated rings. The molecule has 0 unspecified atom stereocenters. The monoisotopic (exact) mass is 367 g/mol. The van der Waals surface area contributed by atoms with Gasteiger partial charge in [-0.3, -0.25) is 29.9 Å². The van der Waals surface area contributed by atoms with Crippen LogP contribution in [-0.4, -0.2) is 36.6 Å². The van der Waals surface area contributed by atoms with Crippen LogP contribution in [0.2, 0.25) is 0 Å². The number of aromatic hydroxyl groups is 1. The molecule has 0 aromatic heterocycles. The van der Waals surface area contributed by atoms with Crippen molar-refractivity contribution in [1.82, 2.24) is 4.90 Å². The van der Waals surface area contributed by atoms with E-state index in [-0.39, 0.29) is 21.3 Å². The lowest BCUT2D eigenvalue weighted by atomic mass is 10.1. The van der Waals surface area contributed by atoms with Gasteiger partial charge >= 0.3 is 5.69 Å². The zero-order valence-corrected chi connectivity index (χ0v) is 13.5. The van der Waals surface area contributed by atoms with Crippen LogP contribution >= 0.6 is 24.0 Å². The van der Waals surface area contributed by atoms with Gasteiger partial charge in [0.05, 0.1) is 20.8 Å². The molecule has 11 heteroatoms. The van der Waals surface area contributed by atoms with Crippen molar-refractivity contribution in [2.24, 2.45) is 0 Å². The maximum Gasteiger partial charge on any atom is 0.318 e. The smallest absolute Gasteiger partial charge is 0.318 e. The molecule has 1 aliphatic rings. The first kappa shape index (κ1) is 17.6. The van der Waals surface area contributed by atoms with Crippen LogP contribution in [-0.2, 0) is 4.79 Å². The van der Waals surface area contributed by atoms with E-state index in [4.69, 9.17) is 12.2 Å². The summed E-state index contributed by atoms with van der Waals surface area (Å²) in [6.45, 7) is 3.69. The molecule has 0 bridgehead atoms. The van der Waals surface area contributed by atoms with Gasteiger partial charge in [0.25, 0.3) is 11.6 Å². The Hall–Kier alpha value is -2.79. The van der Waals surface area contributed by atoms with Crippen LogP contribution in [0.4, 0.5) is 11.4 Å². The zero-order valence-electron chi connectivity index (χ0n) is 11.9. The maximum atomic E-state index is 12.2. The van der Waals surface area contributed by atoms with Gasteiger partial charge < -0.3 is 5.11 Å². The molecular formula is C13H9N3O6S2. The second-order valence-electron chi connectivity index (χ2n) is 4.50. The number of phenols is 1. The van der Waals surface area contributed by atoms with E-state index < -0.39 is 32.9 Å². The van der Waals surface area contributed by atoms with Gasteiger partial charge in [-0.25, -0.2) is 0 Å². The third kappa shape index (κ3) is 3.26. The highest BCUT2D eigenvalue weighted by Crippen LogP contribution is 2.39. The third-order valence-corrected chi connectivity index (χ3v) is 4.36. The summed E-state index contributed by atoms with van der Waals surface area (Å²) < 4.78 is 0.255. The van der Waals surface area contributed by atoms with Gasteiger partial charge in [-0.15, -0.1) is 6.58 Å². The Morgan fingerprint density at radius 3 is 2.54 bits per heavy atom. The molecule has 1 aromatic carbocycles. The number of amides is 1. The van der Waals surface area contributed by atoms with Gasteiger partial charge in [-0.05, 0) is 6.08 Å². The maximum absolute atomic E-state index is 12.2. The molecule has 0 aliphatic carbocycles. The van der Waals surface area contributed by atoms with Crippen molar-refractivity contribution in [3.05, 3.63) is 55.5 Å². The number of rotatable bonds is 5. The summed E-state index contributed by atoms with van der Waals surface area (Å²) in [6.07, 6.45) is 2.61. The van der Waals surface area contributed by atoms with Gasteiger partial charge in [0, 0.05) is 18.2 Å². The summed E-state index contributed by atoms with van der Waals surface area (Å²) in [7, 11) is 0. The first-order valence-corrected chi connectivity index (χ1v) is 7.50. The third-order valence-electron chi connectivity index (χ3n) is 2.98. The number of non-ortho nitro benzene ring substituents is 1. The molecule has 1 amide bonds. The van der Waals surface area contributed by atoms with E-state index in [0.29, 0.717) is 6.07 Å². The summed E-state index contributed by atoms with van der Waals surface area (Å²) in [4.78, 5) is 33.6. The summed E-state index contributed by atoms with van der Waals surface area (Å²) in [5.41, 5.74) is -1.61. The molecule has 1 aliphatic heterocycles. The van der Waals surface area contributed by atoms with E-state index in [2.05, 4.69) is 6.58 Å². The van der Waals surface area contributed by atoms with E-state index in [0.717, 1.165) is 23.9 Å². The van der Waals surface area contributed by atoms with Gasteiger partial charge in [-0.1, -0.05) is 30.1 Å². The van der Waals surface area contributed by atoms with Crippen molar-refractivity contribution in [3.8, 4) is 5.75 Å². The van der Waals surface area contributed by atoms with Crippen molar-refractivity contribution < 1.29 is 19.7 Å². The standard InChI is InChI=1S/C13H9N3O6S2/c1-2-3-14-12(18)10(24-13(14)23)5-7-4-8(15(19)20)6-9(11(7)17)16(21)22/h2,4-6,17H,1,3H2/b10-5-. The Bertz CT molecular complexity index is 820. The molecule has 9 nitrogen and oxygen atoms in total. The number of nitro benzene ring substituents is 2. The van der Waals surface area contributed by atoms with Gasteiger partial charge in [0.1, 0.15) is 4.32 Å². The Morgan fingerprint density at radius 2 is 2.00 bits per heavy atom. The van der Waals surface area contributed by atoms with Crippen LogP contribution in [0.1, 0.15) is 5.56 Å². The Morgan fingerprint density at radius 1 is 1.33 bits per heavy atom. The lowest BCUT2D eigenvalue weighted by Gasteiger charge is -2.10. The molecule has 2 rings (SSSR count). The average Bonchev–Trinajstić information content (AvgIpc) is 2.76. The average molecular weight is 367 g/mol. The summed E-state index contributed by atoms with van der Waals surface area (Å²) in [6, 6.07) is 1.60. The predicted molar refractivity (Wildman–Crippen MR) is 91.5 cm³/mol. The van der Waals surface area contributed by atoms with Crippen molar-refractivity contribution in [2.45, 2.75) is 0 Å². The summed E-state index contributed by atoms with van der Waals surface area (Å²) in [5.74, 6) is -1.24. The predicted octanol–water partition coefficient (Wildman–Crippen LogP) is 2.60. The Kier molecular flexibility index (Phi) is 4.95. The van der Waals surface area contributed by atoms with Crippen molar-refractivity contribution >= 4 is 51.7 Å². The second-order valence-corrected chi connectivity index (χ2v) is 6.17. The minimum atomic E-state index is -0.942. The molecule has 24 heavy (non-hydrogen) atoms. The molecule has 0 spiro atoms. The minimum absolute atomic E-state index is 0.0898. The van der Waals surface area contributed by atoms with E-state index >= 15 is 0 Å². The normalized spacial score (nSPS) is 15.8. The molecule has 1 heterocycles.